The Bertz CT molecular complexity index is 555. The van der Waals surface area contributed by atoms with Crippen LogP contribution in [0.3, 0.4) is 0 Å². The molecule has 0 spiro atoms. The number of carbonyl (C=O) groups is 2. The van der Waals surface area contributed by atoms with Crippen LogP contribution in [-0.4, -0.2) is 17.4 Å². The Morgan fingerprint density at radius 2 is 1.65 bits per heavy atom. The van der Waals surface area contributed by atoms with E-state index in [9.17, 15) is 9.59 Å². The average Bonchev–Trinajstić information content (AvgIpc) is 2.48. The van der Waals surface area contributed by atoms with Gasteiger partial charge in [0.2, 0.25) is 11.8 Å². The van der Waals surface area contributed by atoms with Crippen LogP contribution >= 0.6 is 12.4 Å². The van der Waals surface area contributed by atoms with Crippen molar-refractivity contribution in [3.05, 3.63) is 24.3 Å². The lowest BCUT2D eigenvalue weighted by atomic mass is 9.82. The molecule has 0 aliphatic heterocycles. The second kappa shape index (κ2) is 8.31. The molecule has 0 bridgehead atoms. The molecule has 23 heavy (non-hydrogen) atoms. The highest BCUT2D eigenvalue weighted by Gasteiger charge is 2.35. The number of hydrogen-bond acceptors (Lipinski definition) is 3. The molecule has 0 atom stereocenters. The van der Waals surface area contributed by atoms with Gasteiger partial charge in [0, 0.05) is 17.3 Å². The molecule has 1 aromatic rings. The molecule has 0 aromatic heterocycles. The number of halogens is 1. The topological polar surface area (TPSA) is 84.2 Å². The Labute approximate surface area is 143 Å². The number of anilines is 2. The summed E-state index contributed by atoms with van der Waals surface area (Å²) < 4.78 is 0. The van der Waals surface area contributed by atoms with Crippen LogP contribution in [0.15, 0.2) is 24.3 Å². The van der Waals surface area contributed by atoms with Crippen LogP contribution in [0.5, 0.6) is 0 Å². The molecule has 1 saturated carbocycles. The Morgan fingerprint density at radius 3 is 2.22 bits per heavy atom. The number of rotatable bonds is 4. The van der Waals surface area contributed by atoms with Crippen LogP contribution in [0.4, 0.5) is 11.4 Å². The zero-order chi connectivity index (χ0) is 16.2. The second-order valence-electron chi connectivity index (χ2n) is 6.40. The van der Waals surface area contributed by atoms with E-state index in [4.69, 9.17) is 5.73 Å². The molecule has 128 valence electrons. The van der Waals surface area contributed by atoms with Crippen molar-refractivity contribution in [3.63, 3.8) is 0 Å². The first-order valence-corrected chi connectivity index (χ1v) is 7.92. The third-order valence-electron chi connectivity index (χ3n) is 4.11. The highest BCUT2D eigenvalue weighted by molar-refractivity contribution is 5.99. The van der Waals surface area contributed by atoms with E-state index in [0.29, 0.717) is 11.4 Å². The smallest absolute Gasteiger partial charge is 0.244 e. The molecule has 0 saturated heterocycles. The molecule has 0 unspecified atom stereocenters. The summed E-state index contributed by atoms with van der Waals surface area (Å²) in [5, 5.41) is 5.70. The Morgan fingerprint density at radius 1 is 1.09 bits per heavy atom. The summed E-state index contributed by atoms with van der Waals surface area (Å²) in [6.07, 6.45) is 4.58. The normalized spacial score (nSPS) is 16.3. The van der Waals surface area contributed by atoms with E-state index in [1.54, 1.807) is 24.3 Å². The van der Waals surface area contributed by atoms with Crippen molar-refractivity contribution in [2.75, 3.05) is 10.6 Å². The summed E-state index contributed by atoms with van der Waals surface area (Å²) in [6.45, 7) is 3.67. The molecule has 1 aliphatic carbocycles. The molecule has 1 aromatic carbocycles. The third-order valence-corrected chi connectivity index (χ3v) is 4.11. The average molecular weight is 340 g/mol. The first kappa shape index (κ1) is 19.5. The summed E-state index contributed by atoms with van der Waals surface area (Å²) >= 11 is 0. The standard InChI is InChI=1S/C17H25N3O2.ClH/c1-12(2)15(21)19-13-7-6-8-14(11-13)20-16(22)17(18)9-4-3-5-10-17;/h6-8,11-12H,3-5,9-10,18H2,1-2H3,(H,19,21)(H,20,22);1H. The molecular weight excluding hydrogens is 314 g/mol. The fraction of sp³-hybridized carbons (Fsp3) is 0.529. The van der Waals surface area contributed by atoms with Crippen molar-refractivity contribution in [3.8, 4) is 0 Å². The lowest BCUT2D eigenvalue weighted by Crippen LogP contribution is -2.52. The summed E-state index contributed by atoms with van der Waals surface area (Å²) in [5.74, 6) is -0.279. The first-order chi connectivity index (χ1) is 10.4. The van der Waals surface area contributed by atoms with Crippen molar-refractivity contribution in [2.24, 2.45) is 11.7 Å². The Kier molecular flexibility index (Phi) is 7.03. The molecule has 6 heteroatoms. The molecule has 0 radical (unpaired) electrons. The molecule has 1 aliphatic rings. The number of carbonyl (C=O) groups excluding carboxylic acids is 2. The fourth-order valence-corrected chi connectivity index (χ4v) is 2.63. The minimum atomic E-state index is -0.768. The first-order valence-electron chi connectivity index (χ1n) is 7.92. The molecular formula is C17H26ClN3O2. The zero-order valence-electron chi connectivity index (χ0n) is 13.7. The maximum atomic E-state index is 12.4. The van der Waals surface area contributed by atoms with Gasteiger partial charge in [-0.1, -0.05) is 39.2 Å². The third kappa shape index (κ3) is 5.22. The van der Waals surface area contributed by atoms with Gasteiger partial charge in [-0.15, -0.1) is 12.4 Å². The van der Waals surface area contributed by atoms with Crippen molar-refractivity contribution >= 4 is 35.6 Å². The van der Waals surface area contributed by atoms with E-state index in [2.05, 4.69) is 10.6 Å². The van der Waals surface area contributed by atoms with Crippen LogP contribution in [0.25, 0.3) is 0 Å². The summed E-state index contributed by atoms with van der Waals surface area (Å²) in [4.78, 5) is 24.1. The molecule has 0 heterocycles. The van der Waals surface area contributed by atoms with E-state index >= 15 is 0 Å². The van der Waals surface area contributed by atoms with Crippen LogP contribution in [0.2, 0.25) is 0 Å². The minimum Gasteiger partial charge on any atom is -0.326 e. The van der Waals surface area contributed by atoms with Crippen molar-refractivity contribution in [1.29, 1.82) is 0 Å². The van der Waals surface area contributed by atoms with Gasteiger partial charge in [0.25, 0.3) is 0 Å². The SMILES string of the molecule is CC(C)C(=O)Nc1cccc(NC(=O)C2(N)CCCCC2)c1.Cl. The predicted molar refractivity (Wildman–Crippen MR) is 95.8 cm³/mol. The van der Waals surface area contributed by atoms with Crippen molar-refractivity contribution < 1.29 is 9.59 Å². The number of nitrogens with two attached hydrogens (primary N) is 1. The van der Waals surface area contributed by atoms with E-state index in [0.717, 1.165) is 32.1 Å². The van der Waals surface area contributed by atoms with Gasteiger partial charge in [0.1, 0.15) is 0 Å². The van der Waals surface area contributed by atoms with Gasteiger partial charge in [-0.05, 0) is 31.0 Å². The minimum absolute atomic E-state index is 0. The van der Waals surface area contributed by atoms with E-state index in [1.807, 2.05) is 13.8 Å². The largest absolute Gasteiger partial charge is 0.326 e. The number of amides is 2. The lowest BCUT2D eigenvalue weighted by molar-refractivity contribution is -0.122. The van der Waals surface area contributed by atoms with Crippen LogP contribution < -0.4 is 16.4 Å². The Balaban J connectivity index is 0.00000264. The molecule has 2 amide bonds. The maximum Gasteiger partial charge on any atom is 0.244 e. The van der Waals surface area contributed by atoms with Gasteiger partial charge < -0.3 is 16.4 Å². The van der Waals surface area contributed by atoms with E-state index in [1.165, 1.54) is 0 Å². The van der Waals surface area contributed by atoms with E-state index in [-0.39, 0.29) is 30.1 Å². The van der Waals surface area contributed by atoms with Crippen LogP contribution in [-0.2, 0) is 9.59 Å². The monoisotopic (exact) mass is 339 g/mol. The lowest BCUT2D eigenvalue weighted by Gasteiger charge is -2.31. The van der Waals surface area contributed by atoms with Gasteiger partial charge in [0.15, 0.2) is 0 Å². The predicted octanol–water partition coefficient (Wildman–Crippen LogP) is 3.30. The summed E-state index contributed by atoms with van der Waals surface area (Å²) in [6, 6.07) is 7.16. The molecule has 4 N–H and O–H groups in total. The van der Waals surface area contributed by atoms with Crippen molar-refractivity contribution in [1.82, 2.24) is 0 Å². The second-order valence-corrected chi connectivity index (χ2v) is 6.40. The zero-order valence-corrected chi connectivity index (χ0v) is 14.5. The van der Waals surface area contributed by atoms with Gasteiger partial charge in [-0.25, -0.2) is 0 Å². The highest BCUT2D eigenvalue weighted by atomic mass is 35.5. The van der Waals surface area contributed by atoms with Gasteiger partial charge >= 0.3 is 0 Å². The highest BCUT2D eigenvalue weighted by Crippen LogP contribution is 2.27. The van der Waals surface area contributed by atoms with Crippen molar-refractivity contribution in [2.45, 2.75) is 51.5 Å². The van der Waals surface area contributed by atoms with Gasteiger partial charge in [-0.2, -0.15) is 0 Å². The molecule has 5 nitrogen and oxygen atoms in total. The Hall–Kier alpha value is -1.59. The quantitative estimate of drug-likeness (QED) is 0.786. The van der Waals surface area contributed by atoms with Gasteiger partial charge in [-0.3, -0.25) is 9.59 Å². The summed E-state index contributed by atoms with van der Waals surface area (Å²) in [5.41, 5.74) is 6.79. The fourth-order valence-electron chi connectivity index (χ4n) is 2.63. The number of nitrogens with one attached hydrogen (secondary N) is 2. The maximum absolute atomic E-state index is 12.4. The van der Waals surface area contributed by atoms with E-state index < -0.39 is 5.54 Å². The summed E-state index contributed by atoms with van der Waals surface area (Å²) in [7, 11) is 0. The molecule has 1 fully saturated rings. The van der Waals surface area contributed by atoms with Gasteiger partial charge in [0.05, 0.1) is 5.54 Å². The number of hydrogen-bond donors (Lipinski definition) is 3. The molecule has 2 rings (SSSR count). The van der Waals surface area contributed by atoms with Crippen LogP contribution in [0.1, 0.15) is 46.0 Å². The van der Waals surface area contributed by atoms with Crippen LogP contribution in [0, 0.1) is 5.92 Å². The number of benzene rings is 1.